The summed E-state index contributed by atoms with van der Waals surface area (Å²) in [5, 5.41) is 0. The van der Waals surface area contributed by atoms with Gasteiger partial charge in [-0.25, -0.2) is 4.79 Å². The first-order chi connectivity index (χ1) is 10.9. The highest BCUT2D eigenvalue weighted by Crippen LogP contribution is 2.57. The van der Waals surface area contributed by atoms with Gasteiger partial charge in [-0.2, -0.15) is 0 Å². The predicted molar refractivity (Wildman–Crippen MR) is 86.0 cm³/mol. The molecule has 0 aromatic carbocycles. The highest BCUT2D eigenvalue weighted by Gasteiger charge is 2.55. The van der Waals surface area contributed by atoms with Crippen LogP contribution in [0.5, 0.6) is 0 Å². The Labute approximate surface area is 136 Å². The number of rotatable bonds is 2. The lowest BCUT2D eigenvalue weighted by Crippen LogP contribution is -2.44. The number of carbonyl (C=O) groups is 2. The van der Waals surface area contributed by atoms with Gasteiger partial charge in [0.05, 0.1) is 6.26 Å². The number of allylic oxidation sites excluding steroid dienone is 2. The molecule has 0 spiro atoms. The van der Waals surface area contributed by atoms with E-state index in [9.17, 15) is 9.59 Å². The van der Waals surface area contributed by atoms with Gasteiger partial charge in [-0.1, -0.05) is 26.0 Å². The Morgan fingerprint density at radius 1 is 1.48 bits per heavy atom. The zero-order valence-corrected chi connectivity index (χ0v) is 14.0. The molecular formula is C19H22O4. The van der Waals surface area contributed by atoms with Gasteiger partial charge < -0.3 is 9.15 Å². The fourth-order valence-corrected chi connectivity index (χ4v) is 3.85. The molecule has 1 heterocycles. The van der Waals surface area contributed by atoms with E-state index in [0.717, 1.165) is 29.5 Å². The third-order valence-electron chi connectivity index (χ3n) is 5.37. The molecule has 0 amide bonds. The Morgan fingerprint density at radius 3 is 2.91 bits per heavy atom. The van der Waals surface area contributed by atoms with E-state index in [4.69, 9.17) is 9.15 Å². The van der Waals surface area contributed by atoms with Crippen LogP contribution in [0.2, 0.25) is 0 Å². The number of aryl methyl sites for hydroxylation is 1. The highest BCUT2D eigenvalue weighted by molar-refractivity contribution is 6.10. The second-order valence-corrected chi connectivity index (χ2v) is 6.69. The number of carbonyl (C=O) groups excluding carboxylic acids is 2. The molecule has 23 heavy (non-hydrogen) atoms. The van der Waals surface area contributed by atoms with Crippen molar-refractivity contribution in [1.29, 1.82) is 0 Å². The van der Waals surface area contributed by atoms with E-state index in [2.05, 4.69) is 6.92 Å². The molecule has 4 heteroatoms. The van der Waals surface area contributed by atoms with Gasteiger partial charge in [0, 0.05) is 22.6 Å². The van der Waals surface area contributed by atoms with E-state index in [1.807, 2.05) is 19.9 Å². The second kappa shape index (κ2) is 5.52. The summed E-state index contributed by atoms with van der Waals surface area (Å²) in [5.74, 6) is 0.0909. The zero-order valence-electron chi connectivity index (χ0n) is 14.0. The molecule has 0 radical (unpaired) electrons. The SMILES string of the molecule is C/C=C\C(=O)O[C@@H]1c2c(C)coc2C(=O)C2=CCC[C@H](C)[C@]21C. The number of fused-ring (bicyclic) bond motifs is 2. The number of hydrogen-bond acceptors (Lipinski definition) is 4. The summed E-state index contributed by atoms with van der Waals surface area (Å²) in [6.07, 6.45) is 7.96. The number of hydrogen-bond donors (Lipinski definition) is 0. The van der Waals surface area contributed by atoms with E-state index in [-0.39, 0.29) is 11.7 Å². The van der Waals surface area contributed by atoms with Crippen molar-refractivity contribution in [3.63, 3.8) is 0 Å². The van der Waals surface area contributed by atoms with Crippen LogP contribution in [0, 0.1) is 18.3 Å². The standard InChI is InChI=1S/C19H22O4/c1-5-7-14(20)23-18-15-11(2)10-22-17(15)16(21)13-9-6-8-12(3)19(13,18)4/h5,7,9-10,12,18H,6,8H2,1-4H3/b7-5-/t12-,18+,19+/m0/s1. The second-order valence-electron chi connectivity index (χ2n) is 6.69. The summed E-state index contributed by atoms with van der Waals surface area (Å²) in [5.41, 5.74) is 1.77. The van der Waals surface area contributed by atoms with E-state index in [1.165, 1.54) is 6.08 Å². The van der Waals surface area contributed by atoms with Crippen LogP contribution in [0.25, 0.3) is 0 Å². The molecule has 0 saturated carbocycles. The van der Waals surface area contributed by atoms with Gasteiger partial charge in [-0.3, -0.25) is 4.79 Å². The molecule has 0 unspecified atom stereocenters. The van der Waals surface area contributed by atoms with Gasteiger partial charge >= 0.3 is 5.97 Å². The van der Waals surface area contributed by atoms with Crippen molar-refractivity contribution in [2.75, 3.05) is 0 Å². The molecule has 3 rings (SSSR count). The van der Waals surface area contributed by atoms with E-state index in [0.29, 0.717) is 5.76 Å². The van der Waals surface area contributed by atoms with Gasteiger partial charge in [0.25, 0.3) is 0 Å². The van der Waals surface area contributed by atoms with E-state index >= 15 is 0 Å². The Morgan fingerprint density at radius 2 is 2.22 bits per heavy atom. The van der Waals surface area contributed by atoms with Gasteiger partial charge in [-0.05, 0) is 38.2 Å². The summed E-state index contributed by atoms with van der Waals surface area (Å²) in [6, 6.07) is 0. The lowest BCUT2D eigenvalue weighted by molar-refractivity contribution is -0.151. The topological polar surface area (TPSA) is 56.5 Å². The molecule has 2 aliphatic carbocycles. The molecule has 0 N–H and O–H groups in total. The smallest absolute Gasteiger partial charge is 0.331 e. The van der Waals surface area contributed by atoms with Crippen molar-refractivity contribution in [2.45, 2.75) is 46.6 Å². The predicted octanol–water partition coefficient (Wildman–Crippen LogP) is 4.31. The minimum atomic E-state index is -0.520. The molecule has 4 nitrogen and oxygen atoms in total. The van der Waals surface area contributed by atoms with Crippen LogP contribution in [-0.4, -0.2) is 11.8 Å². The molecule has 0 saturated heterocycles. The van der Waals surface area contributed by atoms with Crippen LogP contribution in [0.1, 0.15) is 61.4 Å². The van der Waals surface area contributed by atoms with Crippen LogP contribution < -0.4 is 0 Å². The van der Waals surface area contributed by atoms with Crippen molar-refractivity contribution < 1.29 is 18.7 Å². The van der Waals surface area contributed by atoms with Gasteiger partial charge in [0.2, 0.25) is 5.78 Å². The summed E-state index contributed by atoms with van der Waals surface area (Å²) in [4.78, 5) is 25.0. The van der Waals surface area contributed by atoms with Crippen molar-refractivity contribution >= 4 is 11.8 Å². The van der Waals surface area contributed by atoms with Crippen LogP contribution in [0.4, 0.5) is 0 Å². The monoisotopic (exact) mass is 314 g/mol. The zero-order chi connectivity index (χ0) is 16.8. The molecule has 0 fully saturated rings. The number of Topliss-reactive ketones (excluding diaryl/α,β-unsaturated/α-hetero) is 1. The molecule has 0 bridgehead atoms. The van der Waals surface area contributed by atoms with Gasteiger partial charge in [-0.15, -0.1) is 0 Å². The Hall–Kier alpha value is -2.10. The molecule has 122 valence electrons. The fourth-order valence-electron chi connectivity index (χ4n) is 3.85. The maximum Gasteiger partial charge on any atom is 0.331 e. The van der Waals surface area contributed by atoms with Crippen LogP contribution in [0.3, 0.4) is 0 Å². The summed E-state index contributed by atoms with van der Waals surface area (Å²) in [6.45, 7) is 7.81. The third kappa shape index (κ3) is 2.19. The molecule has 3 atom stereocenters. The molecule has 2 aliphatic rings. The quantitative estimate of drug-likeness (QED) is 0.603. The van der Waals surface area contributed by atoms with Crippen molar-refractivity contribution in [3.05, 3.63) is 47.0 Å². The average Bonchev–Trinajstić information content (AvgIpc) is 2.88. The average molecular weight is 314 g/mol. The number of ether oxygens (including phenoxy) is 1. The first kappa shape index (κ1) is 15.8. The minimum absolute atomic E-state index is 0.0690. The summed E-state index contributed by atoms with van der Waals surface area (Å²) < 4.78 is 11.3. The Bertz CT molecular complexity index is 722. The molecule has 1 aromatic heterocycles. The first-order valence-electron chi connectivity index (χ1n) is 8.07. The van der Waals surface area contributed by atoms with Crippen molar-refractivity contribution in [3.8, 4) is 0 Å². The van der Waals surface area contributed by atoms with Crippen molar-refractivity contribution in [2.24, 2.45) is 11.3 Å². The fraction of sp³-hybridized carbons (Fsp3) is 0.474. The molecular weight excluding hydrogens is 292 g/mol. The minimum Gasteiger partial charge on any atom is -0.460 e. The van der Waals surface area contributed by atoms with E-state index in [1.54, 1.807) is 19.3 Å². The Balaban J connectivity index is 2.19. The number of furan rings is 1. The van der Waals surface area contributed by atoms with Crippen LogP contribution in [0.15, 0.2) is 34.5 Å². The number of ketones is 1. The maximum atomic E-state index is 12.9. The summed E-state index contributed by atoms with van der Waals surface area (Å²) in [7, 11) is 0. The summed E-state index contributed by atoms with van der Waals surface area (Å²) >= 11 is 0. The maximum absolute atomic E-state index is 12.9. The van der Waals surface area contributed by atoms with Gasteiger partial charge in [0.15, 0.2) is 5.76 Å². The van der Waals surface area contributed by atoms with Gasteiger partial charge in [0.1, 0.15) is 6.10 Å². The lowest BCUT2D eigenvalue weighted by Gasteiger charge is -2.47. The molecule has 1 aromatic rings. The lowest BCUT2D eigenvalue weighted by atomic mass is 9.58. The van der Waals surface area contributed by atoms with Crippen LogP contribution >= 0.6 is 0 Å². The normalized spacial score (nSPS) is 29.9. The highest BCUT2D eigenvalue weighted by atomic mass is 16.5. The Kier molecular flexibility index (Phi) is 3.78. The third-order valence-corrected chi connectivity index (χ3v) is 5.37. The molecule has 0 aliphatic heterocycles. The van der Waals surface area contributed by atoms with E-state index < -0.39 is 17.5 Å². The number of esters is 1. The largest absolute Gasteiger partial charge is 0.460 e. The first-order valence-corrected chi connectivity index (χ1v) is 8.07. The van der Waals surface area contributed by atoms with Crippen LogP contribution in [-0.2, 0) is 9.53 Å². The van der Waals surface area contributed by atoms with Crippen molar-refractivity contribution in [1.82, 2.24) is 0 Å².